The van der Waals surface area contributed by atoms with Gasteiger partial charge in [0, 0.05) is 22.2 Å². The minimum Gasteiger partial charge on any atom is -0.465 e. The molecule has 3 rings (SSSR count). The molecule has 0 amide bonds. The van der Waals surface area contributed by atoms with Gasteiger partial charge in [-0.1, -0.05) is 6.07 Å². The molecule has 0 spiro atoms. The van der Waals surface area contributed by atoms with E-state index in [1.807, 2.05) is 18.2 Å². The average Bonchev–Trinajstić information content (AvgIpc) is 3.00. The Balaban J connectivity index is 2.05. The SMILES string of the molecule is CCOC(=O)C(C)(C)c1ccc2[nH]c(-c3cc(F)ccc3F)cc2c1. The standard InChI is InChI=1S/C20H19F2NO2/c1-4-25-19(24)20(2,3)13-5-8-17-12(9-13)10-18(23-17)15-11-14(21)6-7-16(15)22/h5-11,23H,4H2,1-3H3. The molecule has 3 aromatic rings. The Bertz CT molecular complexity index is 944. The van der Waals surface area contributed by atoms with Crippen LogP contribution in [0.5, 0.6) is 0 Å². The molecule has 3 nitrogen and oxygen atoms in total. The number of esters is 1. The molecule has 25 heavy (non-hydrogen) atoms. The summed E-state index contributed by atoms with van der Waals surface area (Å²) >= 11 is 0. The molecular weight excluding hydrogens is 324 g/mol. The number of fused-ring (bicyclic) bond motifs is 1. The van der Waals surface area contributed by atoms with Gasteiger partial charge in [-0.2, -0.15) is 0 Å². The Hall–Kier alpha value is -2.69. The number of halogens is 2. The number of aromatic amines is 1. The second kappa shape index (κ2) is 6.31. The Kier molecular flexibility index (Phi) is 4.33. The fourth-order valence-electron chi connectivity index (χ4n) is 2.80. The molecule has 5 heteroatoms. The number of carbonyl (C=O) groups excluding carboxylic acids is 1. The number of hydrogen-bond acceptors (Lipinski definition) is 2. The van der Waals surface area contributed by atoms with Crippen LogP contribution in [0.4, 0.5) is 8.78 Å². The highest BCUT2D eigenvalue weighted by Crippen LogP contribution is 2.31. The van der Waals surface area contributed by atoms with Gasteiger partial charge in [0.2, 0.25) is 0 Å². The number of nitrogens with one attached hydrogen (secondary N) is 1. The van der Waals surface area contributed by atoms with Gasteiger partial charge in [-0.05, 0) is 62.7 Å². The molecule has 130 valence electrons. The van der Waals surface area contributed by atoms with Gasteiger partial charge >= 0.3 is 5.97 Å². The van der Waals surface area contributed by atoms with Gasteiger partial charge in [0.15, 0.2) is 0 Å². The van der Waals surface area contributed by atoms with Crippen molar-refractivity contribution in [1.29, 1.82) is 0 Å². The Morgan fingerprint density at radius 2 is 1.88 bits per heavy atom. The van der Waals surface area contributed by atoms with Crippen LogP contribution in [-0.4, -0.2) is 17.6 Å². The van der Waals surface area contributed by atoms with Crippen molar-refractivity contribution >= 4 is 16.9 Å². The van der Waals surface area contributed by atoms with Gasteiger partial charge in [0.1, 0.15) is 11.6 Å². The Morgan fingerprint density at radius 1 is 1.12 bits per heavy atom. The molecule has 1 heterocycles. The molecule has 0 saturated carbocycles. The third-order valence-electron chi connectivity index (χ3n) is 4.35. The first-order chi connectivity index (χ1) is 11.8. The molecule has 0 saturated heterocycles. The van der Waals surface area contributed by atoms with Crippen molar-refractivity contribution in [2.24, 2.45) is 0 Å². The molecule has 1 aromatic heterocycles. The van der Waals surface area contributed by atoms with Crippen LogP contribution in [0.3, 0.4) is 0 Å². The van der Waals surface area contributed by atoms with E-state index in [0.29, 0.717) is 12.3 Å². The highest BCUT2D eigenvalue weighted by atomic mass is 19.1. The number of benzene rings is 2. The number of aromatic nitrogens is 1. The second-order valence-electron chi connectivity index (χ2n) is 6.45. The van der Waals surface area contributed by atoms with E-state index in [1.54, 1.807) is 26.8 Å². The minimum atomic E-state index is -0.800. The summed E-state index contributed by atoms with van der Waals surface area (Å²) in [7, 11) is 0. The maximum Gasteiger partial charge on any atom is 0.315 e. The van der Waals surface area contributed by atoms with E-state index < -0.39 is 17.0 Å². The average molecular weight is 343 g/mol. The normalized spacial score (nSPS) is 11.7. The predicted octanol–water partition coefficient (Wildman–Crippen LogP) is 4.95. The molecule has 0 aliphatic rings. The summed E-state index contributed by atoms with van der Waals surface area (Å²) in [4.78, 5) is 15.3. The highest BCUT2D eigenvalue weighted by Gasteiger charge is 2.31. The first-order valence-electron chi connectivity index (χ1n) is 8.09. The number of ether oxygens (including phenoxy) is 1. The van der Waals surface area contributed by atoms with E-state index in [2.05, 4.69) is 4.98 Å². The Morgan fingerprint density at radius 3 is 2.60 bits per heavy atom. The van der Waals surface area contributed by atoms with Crippen LogP contribution in [0.25, 0.3) is 22.2 Å². The topological polar surface area (TPSA) is 42.1 Å². The van der Waals surface area contributed by atoms with E-state index in [4.69, 9.17) is 4.74 Å². The second-order valence-corrected chi connectivity index (χ2v) is 6.45. The summed E-state index contributed by atoms with van der Waals surface area (Å²) in [6, 6.07) is 10.6. The van der Waals surface area contributed by atoms with E-state index in [1.165, 1.54) is 0 Å². The summed E-state index contributed by atoms with van der Waals surface area (Å²) in [5.74, 6) is -1.31. The largest absolute Gasteiger partial charge is 0.465 e. The Labute approximate surface area is 144 Å². The molecule has 0 atom stereocenters. The lowest BCUT2D eigenvalue weighted by Crippen LogP contribution is -2.31. The number of carbonyl (C=O) groups is 1. The van der Waals surface area contributed by atoms with Crippen molar-refractivity contribution in [2.75, 3.05) is 6.61 Å². The van der Waals surface area contributed by atoms with Crippen LogP contribution in [0.1, 0.15) is 26.3 Å². The molecule has 2 aromatic carbocycles. The number of rotatable bonds is 4. The fourth-order valence-corrected chi connectivity index (χ4v) is 2.80. The minimum absolute atomic E-state index is 0.169. The van der Waals surface area contributed by atoms with Gasteiger partial charge in [0.05, 0.1) is 12.0 Å². The van der Waals surface area contributed by atoms with Crippen LogP contribution in [0, 0.1) is 11.6 Å². The van der Waals surface area contributed by atoms with Crippen molar-refractivity contribution in [2.45, 2.75) is 26.2 Å². The van der Waals surface area contributed by atoms with Gasteiger partial charge < -0.3 is 9.72 Å². The quantitative estimate of drug-likeness (QED) is 0.681. The summed E-state index contributed by atoms with van der Waals surface area (Å²) in [5, 5.41) is 0.813. The van der Waals surface area contributed by atoms with Gasteiger partial charge in [-0.3, -0.25) is 4.79 Å². The monoisotopic (exact) mass is 343 g/mol. The van der Waals surface area contributed by atoms with E-state index >= 15 is 0 Å². The third kappa shape index (κ3) is 3.14. The molecule has 0 unspecified atom stereocenters. The first-order valence-corrected chi connectivity index (χ1v) is 8.09. The highest BCUT2D eigenvalue weighted by molar-refractivity contribution is 5.89. The van der Waals surface area contributed by atoms with Gasteiger partial charge in [0.25, 0.3) is 0 Å². The van der Waals surface area contributed by atoms with Crippen LogP contribution < -0.4 is 0 Å². The fraction of sp³-hybridized carbons (Fsp3) is 0.250. The van der Waals surface area contributed by atoms with Crippen LogP contribution in [-0.2, 0) is 14.9 Å². The van der Waals surface area contributed by atoms with E-state index in [9.17, 15) is 13.6 Å². The number of hydrogen-bond donors (Lipinski definition) is 1. The first kappa shape index (κ1) is 17.1. The molecule has 0 fully saturated rings. The molecule has 0 aliphatic carbocycles. The van der Waals surface area contributed by atoms with Crippen molar-refractivity contribution < 1.29 is 18.3 Å². The smallest absolute Gasteiger partial charge is 0.315 e. The summed E-state index contributed by atoms with van der Waals surface area (Å²) in [5.41, 5.74) is 1.43. The van der Waals surface area contributed by atoms with Crippen molar-refractivity contribution in [3.8, 4) is 11.3 Å². The molecule has 1 N–H and O–H groups in total. The zero-order chi connectivity index (χ0) is 18.2. The van der Waals surface area contributed by atoms with E-state index in [-0.39, 0.29) is 11.5 Å². The lowest BCUT2D eigenvalue weighted by atomic mass is 9.84. The molecule has 0 radical (unpaired) electrons. The maximum absolute atomic E-state index is 14.0. The van der Waals surface area contributed by atoms with Crippen LogP contribution >= 0.6 is 0 Å². The van der Waals surface area contributed by atoms with Gasteiger partial charge in [-0.15, -0.1) is 0 Å². The van der Waals surface area contributed by atoms with E-state index in [0.717, 1.165) is 34.7 Å². The zero-order valence-electron chi connectivity index (χ0n) is 14.3. The van der Waals surface area contributed by atoms with Crippen LogP contribution in [0.15, 0.2) is 42.5 Å². The van der Waals surface area contributed by atoms with Crippen molar-refractivity contribution in [1.82, 2.24) is 4.98 Å². The van der Waals surface area contributed by atoms with Crippen molar-refractivity contribution in [3.05, 3.63) is 59.7 Å². The summed E-state index contributed by atoms with van der Waals surface area (Å²) in [6.45, 7) is 5.68. The van der Waals surface area contributed by atoms with Crippen molar-refractivity contribution in [3.63, 3.8) is 0 Å². The summed E-state index contributed by atoms with van der Waals surface area (Å²) in [6.07, 6.45) is 0. The zero-order valence-corrected chi connectivity index (χ0v) is 14.3. The lowest BCUT2D eigenvalue weighted by molar-refractivity contribution is -0.148. The summed E-state index contributed by atoms with van der Waals surface area (Å²) < 4.78 is 32.6. The lowest BCUT2D eigenvalue weighted by Gasteiger charge is -2.22. The van der Waals surface area contributed by atoms with Crippen LogP contribution in [0.2, 0.25) is 0 Å². The predicted molar refractivity (Wildman–Crippen MR) is 93.3 cm³/mol. The molecular formula is C20H19F2NO2. The van der Waals surface area contributed by atoms with Gasteiger partial charge in [-0.25, -0.2) is 8.78 Å². The molecule has 0 bridgehead atoms. The number of H-pyrrole nitrogens is 1. The maximum atomic E-state index is 14.0. The molecule has 0 aliphatic heterocycles. The third-order valence-corrected chi connectivity index (χ3v) is 4.35.